The molecule has 1 aliphatic rings. The number of ether oxygens (including phenoxy) is 3. The van der Waals surface area contributed by atoms with Crippen LogP contribution < -0.4 is 20.9 Å². The van der Waals surface area contributed by atoms with E-state index in [1.54, 1.807) is 11.7 Å². The molecule has 2 amide bonds. The Kier molecular flexibility index (Phi) is 11.7. The fourth-order valence-electron chi connectivity index (χ4n) is 6.57. The molecule has 52 heavy (non-hydrogen) atoms. The first-order valence-electron chi connectivity index (χ1n) is 17.6. The summed E-state index contributed by atoms with van der Waals surface area (Å²) in [6.07, 6.45) is 3.66. The predicted molar refractivity (Wildman–Crippen MR) is 195 cm³/mol. The number of rotatable bonds is 16. The van der Waals surface area contributed by atoms with E-state index < -0.39 is 17.4 Å². The van der Waals surface area contributed by atoms with Gasteiger partial charge in [0.2, 0.25) is 17.8 Å². The summed E-state index contributed by atoms with van der Waals surface area (Å²) in [6, 6.07) is 25.5. The highest BCUT2D eigenvalue weighted by Gasteiger charge is 2.40. The molecule has 0 spiro atoms. The maximum Gasteiger partial charge on any atom is 0.280 e. The van der Waals surface area contributed by atoms with Gasteiger partial charge < -0.3 is 24.6 Å². The van der Waals surface area contributed by atoms with Gasteiger partial charge in [0.05, 0.1) is 32.8 Å². The third-order valence-electron chi connectivity index (χ3n) is 9.22. The minimum absolute atomic E-state index is 0.0187. The molecule has 0 bridgehead atoms. The summed E-state index contributed by atoms with van der Waals surface area (Å²) >= 11 is 0. The minimum atomic E-state index is -1.02. The molecule has 0 aliphatic carbocycles. The number of carbonyl (C=O) groups excluding carboxylic acids is 2. The number of methoxy groups -OCH3 is 1. The number of hydrogen-bond acceptors (Lipinski definition) is 9. The van der Waals surface area contributed by atoms with Crippen LogP contribution in [0.25, 0.3) is 11.2 Å². The van der Waals surface area contributed by atoms with E-state index in [-0.39, 0.29) is 49.0 Å². The van der Waals surface area contributed by atoms with Crippen LogP contribution in [0.15, 0.2) is 90.0 Å². The Morgan fingerprint density at radius 2 is 1.63 bits per heavy atom. The van der Waals surface area contributed by atoms with Crippen LogP contribution in [0.4, 0.5) is 5.95 Å². The maximum atomic E-state index is 12.9. The van der Waals surface area contributed by atoms with Gasteiger partial charge in [0.15, 0.2) is 11.2 Å². The van der Waals surface area contributed by atoms with Crippen LogP contribution in [0.2, 0.25) is 0 Å². The number of aliphatic hydroxyl groups is 1. The summed E-state index contributed by atoms with van der Waals surface area (Å²) in [6.45, 7) is 2.59. The molecule has 3 atom stereocenters. The average Bonchev–Trinajstić information content (AvgIpc) is 3.82. The van der Waals surface area contributed by atoms with Gasteiger partial charge in [-0.3, -0.25) is 29.3 Å². The summed E-state index contributed by atoms with van der Waals surface area (Å²) in [5, 5.41) is 15.2. The number of hydrogen-bond donors (Lipinski definition) is 4. The first-order valence-corrected chi connectivity index (χ1v) is 17.6. The summed E-state index contributed by atoms with van der Waals surface area (Å²) in [5.41, 5.74) is 2.43. The Hall–Kier alpha value is -5.37. The number of benzene rings is 3. The van der Waals surface area contributed by atoms with E-state index >= 15 is 0 Å². The number of fused-ring (bicyclic) bond motifs is 1. The highest BCUT2D eigenvalue weighted by molar-refractivity contribution is 5.89. The van der Waals surface area contributed by atoms with Gasteiger partial charge in [0.25, 0.3) is 5.56 Å². The molecule has 1 aliphatic heterocycles. The number of nitrogens with one attached hydrogen (secondary N) is 3. The lowest BCUT2D eigenvalue weighted by molar-refractivity contribution is -0.121. The van der Waals surface area contributed by atoms with Crippen molar-refractivity contribution in [3.63, 3.8) is 0 Å². The fraction of sp³-hybridized carbons (Fsp3) is 0.359. The third kappa shape index (κ3) is 8.07. The summed E-state index contributed by atoms with van der Waals surface area (Å²) in [7, 11) is 1.63. The number of aromatic nitrogens is 4. The molecule has 13 heteroatoms. The number of nitrogens with zero attached hydrogens (tertiary/aromatic N) is 3. The number of H-pyrrole nitrogens is 1. The van der Waals surface area contributed by atoms with Crippen molar-refractivity contribution in [1.29, 1.82) is 0 Å². The van der Waals surface area contributed by atoms with E-state index in [9.17, 15) is 19.5 Å². The number of amides is 2. The highest BCUT2D eigenvalue weighted by atomic mass is 16.6. The lowest BCUT2D eigenvalue weighted by Gasteiger charge is -2.37. The molecule has 3 heterocycles. The Bertz CT molecular complexity index is 1960. The zero-order valence-electron chi connectivity index (χ0n) is 29.3. The summed E-state index contributed by atoms with van der Waals surface area (Å²) in [5.74, 6) is 0.380. The zero-order valence-corrected chi connectivity index (χ0v) is 29.3. The van der Waals surface area contributed by atoms with Crippen molar-refractivity contribution in [1.82, 2.24) is 24.8 Å². The molecule has 2 aromatic heterocycles. The van der Waals surface area contributed by atoms with Crippen molar-refractivity contribution in [3.05, 3.63) is 118 Å². The zero-order chi connectivity index (χ0) is 36.5. The average molecular weight is 709 g/mol. The van der Waals surface area contributed by atoms with Crippen molar-refractivity contribution < 1.29 is 28.9 Å². The van der Waals surface area contributed by atoms with E-state index in [1.165, 1.54) is 6.33 Å². The van der Waals surface area contributed by atoms with Crippen LogP contribution in [0.1, 0.15) is 73.9 Å². The van der Waals surface area contributed by atoms with E-state index in [1.807, 2.05) is 85.8 Å². The van der Waals surface area contributed by atoms with Gasteiger partial charge in [0, 0.05) is 19.4 Å². The van der Waals surface area contributed by atoms with Crippen molar-refractivity contribution in [3.8, 4) is 5.75 Å². The van der Waals surface area contributed by atoms with Crippen LogP contribution in [-0.2, 0) is 31.3 Å². The molecular weight excluding hydrogens is 664 g/mol. The van der Waals surface area contributed by atoms with Gasteiger partial charge in [-0.25, -0.2) is 4.98 Å². The van der Waals surface area contributed by atoms with Gasteiger partial charge in [-0.15, -0.1) is 0 Å². The van der Waals surface area contributed by atoms with Crippen LogP contribution in [0.3, 0.4) is 0 Å². The van der Waals surface area contributed by atoms with Crippen LogP contribution in [0, 0.1) is 0 Å². The van der Waals surface area contributed by atoms with Gasteiger partial charge in [-0.1, -0.05) is 66.7 Å². The first kappa shape index (κ1) is 36.4. The quantitative estimate of drug-likeness (QED) is 0.0819. The van der Waals surface area contributed by atoms with Gasteiger partial charge >= 0.3 is 0 Å². The second kappa shape index (κ2) is 16.8. The highest BCUT2D eigenvalue weighted by Crippen LogP contribution is 2.42. The Labute approximate surface area is 301 Å². The van der Waals surface area contributed by atoms with Crippen molar-refractivity contribution in [2.75, 3.05) is 25.6 Å². The number of anilines is 1. The normalized spacial score (nSPS) is 16.8. The third-order valence-corrected chi connectivity index (χ3v) is 9.22. The van der Waals surface area contributed by atoms with Gasteiger partial charge in [-0.05, 0) is 67.0 Å². The summed E-state index contributed by atoms with van der Waals surface area (Å²) in [4.78, 5) is 48.6. The minimum Gasteiger partial charge on any atom is -0.497 e. The molecule has 1 unspecified atom stereocenters. The van der Waals surface area contributed by atoms with E-state index in [0.717, 1.165) is 28.0 Å². The second-order valence-corrected chi connectivity index (χ2v) is 12.7. The smallest absolute Gasteiger partial charge is 0.280 e. The number of aromatic amines is 1. The Balaban J connectivity index is 1.20. The molecule has 4 N–H and O–H groups in total. The largest absolute Gasteiger partial charge is 0.497 e. The van der Waals surface area contributed by atoms with E-state index in [0.29, 0.717) is 44.3 Å². The van der Waals surface area contributed by atoms with Gasteiger partial charge in [0.1, 0.15) is 17.6 Å². The number of imidazole rings is 1. The molecular formula is C39H44N6O7. The molecule has 3 aromatic carbocycles. The topological polar surface area (TPSA) is 170 Å². The molecule has 1 saturated heterocycles. The lowest BCUT2D eigenvalue weighted by Crippen LogP contribution is -2.35. The van der Waals surface area contributed by atoms with Crippen LogP contribution >= 0.6 is 0 Å². The van der Waals surface area contributed by atoms with Crippen LogP contribution in [0.5, 0.6) is 5.75 Å². The summed E-state index contributed by atoms with van der Waals surface area (Å²) < 4.78 is 20.7. The fourth-order valence-corrected chi connectivity index (χ4v) is 6.57. The molecule has 0 radical (unpaired) electrons. The van der Waals surface area contributed by atoms with Crippen LogP contribution in [-0.4, -0.2) is 62.8 Å². The Morgan fingerprint density at radius 3 is 2.31 bits per heavy atom. The standard InChI is InChI=1S/C39H44N6O7/c1-3-40-32(47)11-7-8-12-33(48)42-38-43-36-35(37(49)44-38)41-25-45(36)34-22-21-31(52-34)24-51-39(27-9-5-4-6-10-27,28-15-13-26(23-46)14-16-28)29-17-19-30(50-2)20-18-29/h4-6,9-10,13-20,25,31,34,46H,3,7-8,11-12,21-24H2,1-2H3,(H,40,47)(H2,42,43,44,48,49)/t31-,34+,39?/m0/s1. The molecule has 1 fully saturated rings. The monoisotopic (exact) mass is 708 g/mol. The van der Waals surface area contributed by atoms with Gasteiger partial charge in [-0.2, -0.15) is 4.98 Å². The molecule has 5 aromatic rings. The van der Waals surface area contributed by atoms with Crippen molar-refractivity contribution in [2.45, 2.75) is 70.0 Å². The van der Waals surface area contributed by atoms with E-state index in [4.69, 9.17) is 14.2 Å². The molecule has 272 valence electrons. The number of carbonyl (C=O) groups is 2. The predicted octanol–water partition coefficient (Wildman–Crippen LogP) is 4.94. The molecule has 0 saturated carbocycles. The molecule has 13 nitrogen and oxygen atoms in total. The van der Waals surface area contributed by atoms with E-state index in [2.05, 4.69) is 25.6 Å². The first-order chi connectivity index (χ1) is 25.3. The lowest BCUT2D eigenvalue weighted by atomic mass is 9.79. The Morgan fingerprint density at radius 1 is 0.962 bits per heavy atom. The number of unbranched alkanes of at least 4 members (excludes halogenated alkanes) is 1. The van der Waals surface area contributed by atoms with Crippen molar-refractivity contribution in [2.24, 2.45) is 0 Å². The SMILES string of the molecule is CCNC(=O)CCCCC(=O)Nc1nc2c(ncn2[C@H]2CC[C@@H](COC(c3ccccc3)(c3ccc(CO)cc3)c3ccc(OC)cc3)O2)c(=O)[nH]1. The molecule has 6 rings (SSSR count). The maximum absolute atomic E-state index is 12.9. The van der Waals surface area contributed by atoms with Crippen molar-refractivity contribution >= 4 is 28.9 Å². The second-order valence-electron chi connectivity index (χ2n) is 12.7. The number of aliphatic hydroxyl groups excluding tert-OH is 1.